The second-order valence-corrected chi connectivity index (χ2v) is 8.65. The Bertz CT molecular complexity index is 1390. The highest BCUT2D eigenvalue weighted by molar-refractivity contribution is 5.97. The number of carboxylic acid groups (broad SMARTS) is 1. The van der Waals surface area contributed by atoms with E-state index in [0.717, 1.165) is 59.8 Å². The number of aromatic nitrogens is 4. The molecule has 0 bridgehead atoms. The van der Waals surface area contributed by atoms with E-state index in [1.807, 2.05) is 29.5 Å². The van der Waals surface area contributed by atoms with Crippen molar-refractivity contribution >= 4 is 40.2 Å². The largest absolute Gasteiger partial charge is 0.478 e. The number of fused-ring (bicyclic) bond motifs is 3. The average molecular weight is 458 g/mol. The molecule has 1 aliphatic heterocycles. The number of benzene rings is 2. The number of rotatable bonds is 6. The number of carboxylic acids is 1. The number of likely N-dealkylation sites (N-methyl/N-ethyl adjacent to an activating group) is 1. The van der Waals surface area contributed by atoms with Crippen molar-refractivity contribution in [1.29, 1.82) is 0 Å². The smallest absolute Gasteiger partial charge is 0.337 e. The predicted octanol–water partition coefficient (Wildman–Crippen LogP) is 3.54. The van der Waals surface area contributed by atoms with E-state index in [1.54, 1.807) is 30.6 Å². The van der Waals surface area contributed by atoms with Gasteiger partial charge in [-0.1, -0.05) is 24.8 Å². The van der Waals surface area contributed by atoms with Crippen molar-refractivity contribution in [2.24, 2.45) is 0 Å². The van der Waals surface area contributed by atoms with Crippen molar-refractivity contribution in [2.75, 3.05) is 43.4 Å². The first-order valence-electron chi connectivity index (χ1n) is 11.3. The molecule has 1 fully saturated rings. The van der Waals surface area contributed by atoms with E-state index in [4.69, 9.17) is 4.98 Å². The minimum Gasteiger partial charge on any atom is -0.478 e. The molecule has 0 saturated carbocycles. The van der Waals surface area contributed by atoms with Crippen LogP contribution in [-0.2, 0) is 0 Å². The van der Waals surface area contributed by atoms with Crippen molar-refractivity contribution in [1.82, 2.24) is 24.5 Å². The number of nitrogens with zero attached hydrogens (tertiary/aromatic N) is 6. The number of carbonyl (C=O) groups is 1. The minimum absolute atomic E-state index is 0.221. The van der Waals surface area contributed by atoms with Gasteiger partial charge in [0, 0.05) is 42.8 Å². The maximum Gasteiger partial charge on any atom is 0.337 e. The summed E-state index contributed by atoms with van der Waals surface area (Å²) in [6, 6.07) is 10.8. The van der Waals surface area contributed by atoms with Crippen LogP contribution in [-0.4, -0.2) is 68.8 Å². The summed E-state index contributed by atoms with van der Waals surface area (Å²) in [6.45, 7) is 9.59. The molecule has 2 aromatic carbocycles. The second-order valence-electron chi connectivity index (χ2n) is 8.65. The Morgan fingerprint density at radius 1 is 1.21 bits per heavy atom. The van der Waals surface area contributed by atoms with Crippen LogP contribution in [0.15, 0.2) is 49.3 Å². The molecular formula is C25H27N7O2. The average Bonchev–Trinajstić information content (AvgIpc) is 3.34. The molecule has 9 heteroatoms. The molecular weight excluding hydrogens is 430 g/mol. The second kappa shape index (κ2) is 8.75. The summed E-state index contributed by atoms with van der Waals surface area (Å²) in [4.78, 5) is 21.4. The molecule has 0 aliphatic carbocycles. The summed E-state index contributed by atoms with van der Waals surface area (Å²) in [5.74, 6) is -0.160. The first kappa shape index (κ1) is 21.8. The third-order valence-corrected chi connectivity index (χ3v) is 6.40. The Kier molecular flexibility index (Phi) is 5.62. The quantitative estimate of drug-likeness (QED) is 0.454. The molecule has 9 nitrogen and oxygen atoms in total. The van der Waals surface area contributed by atoms with Gasteiger partial charge < -0.3 is 20.2 Å². The van der Waals surface area contributed by atoms with Gasteiger partial charge in [0.1, 0.15) is 6.33 Å². The fourth-order valence-corrected chi connectivity index (χ4v) is 4.48. The molecule has 4 aromatic rings. The Morgan fingerprint density at radius 3 is 2.71 bits per heavy atom. The van der Waals surface area contributed by atoms with E-state index in [1.165, 1.54) is 0 Å². The standard InChI is InChI=1S/C25H27N7O2/c1-4-17-13-19(16(2)27-21-8-6-5-7-18(21)24(33)34)22-20(14-17)23-29-26-15-32(23)25(28-22)31-11-9-30(3)10-12-31/h4-8,13-16,27H,1,9-12H2,2-3H3,(H,33,34)/t16-/m1/s1. The van der Waals surface area contributed by atoms with E-state index < -0.39 is 5.97 Å². The van der Waals surface area contributed by atoms with Crippen molar-refractivity contribution < 1.29 is 9.90 Å². The molecule has 0 amide bonds. The number of piperazine rings is 1. The zero-order valence-corrected chi connectivity index (χ0v) is 19.3. The first-order valence-corrected chi connectivity index (χ1v) is 11.3. The Morgan fingerprint density at radius 2 is 1.97 bits per heavy atom. The molecule has 174 valence electrons. The van der Waals surface area contributed by atoms with Crippen molar-refractivity contribution in [3.05, 3.63) is 66.0 Å². The molecule has 1 saturated heterocycles. The molecule has 5 rings (SSSR count). The van der Waals surface area contributed by atoms with Crippen molar-refractivity contribution in [2.45, 2.75) is 13.0 Å². The molecule has 0 radical (unpaired) electrons. The zero-order valence-electron chi connectivity index (χ0n) is 19.3. The van der Waals surface area contributed by atoms with Gasteiger partial charge in [-0.2, -0.15) is 0 Å². The summed E-state index contributed by atoms with van der Waals surface area (Å²) < 4.78 is 1.95. The van der Waals surface area contributed by atoms with Crippen LogP contribution in [0.5, 0.6) is 0 Å². The Hall–Kier alpha value is -3.98. The maximum atomic E-state index is 11.7. The highest BCUT2D eigenvalue weighted by Gasteiger charge is 2.23. The van der Waals surface area contributed by atoms with E-state index in [2.05, 4.69) is 38.9 Å². The lowest BCUT2D eigenvalue weighted by Crippen LogP contribution is -2.45. The summed E-state index contributed by atoms with van der Waals surface area (Å²) in [5.41, 5.74) is 4.21. The molecule has 34 heavy (non-hydrogen) atoms. The minimum atomic E-state index is -0.972. The van der Waals surface area contributed by atoms with Gasteiger partial charge in [0.15, 0.2) is 5.65 Å². The van der Waals surface area contributed by atoms with Gasteiger partial charge in [-0.15, -0.1) is 10.2 Å². The normalized spacial score (nSPS) is 15.5. The lowest BCUT2D eigenvalue weighted by atomic mass is 9.99. The lowest BCUT2D eigenvalue weighted by Gasteiger charge is -2.33. The first-order chi connectivity index (χ1) is 16.5. The predicted molar refractivity (Wildman–Crippen MR) is 134 cm³/mol. The molecule has 1 aliphatic rings. The Balaban J connectivity index is 1.66. The van der Waals surface area contributed by atoms with Crippen LogP contribution in [0, 0.1) is 0 Å². The summed E-state index contributed by atoms with van der Waals surface area (Å²) >= 11 is 0. The van der Waals surface area contributed by atoms with Crippen LogP contribution in [0.3, 0.4) is 0 Å². The SMILES string of the molecule is C=Cc1cc([C@@H](C)Nc2ccccc2C(=O)O)c2nc(N3CCN(C)CC3)n3cnnc3c2c1. The van der Waals surface area contributed by atoms with Gasteiger partial charge in [-0.05, 0) is 43.8 Å². The summed E-state index contributed by atoms with van der Waals surface area (Å²) in [5, 5.41) is 22.5. The molecule has 2 N–H and O–H groups in total. The third kappa shape index (κ3) is 3.84. The van der Waals surface area contributed by atoms with Crippen molar-refractivity contribution in [3.63, 3.8) is 0 Å². The van der Waals surface area contributed by atoms with E-state index >= 15 is 0 Å². The highest BCUT2D eigenvalue weighted by Crippen LogP contribution is 2.32. The number of hydrogen-bond acceptors (Lipinski definition) is 7. The van der Waals surface area contributed by atoms with E-state index in [0.29, 0.717) is 5.69 Å². The van der Waals surface area contributed by atoms with E-state index in [9.17, 15) is 9.90 Å². The molecule has 3 heterocycles. The highest BCUT2D eigenvalue weighted by atomic mass is 16.4. The van der Waals surface area contributed by atoms with Gasteiger partial charge >= 0.3 is 5.97 Å². The topological polar surface area (TPSA) is 98.9 Å². The van der Waals surface area contributed by atoms with Gasteiger partial charge in [0.25, 0.3) is 0 Å². The Labute approximate surface area is 197 Å². The van der Waals surface area contributed by atoms with Crippen LogP contribution in [0.4, 0.5) is 11.6 Å². The number of aromatic carboxylic acids is 1. The van der Waals surface area contributed by atoms with Gasteiger partial charge in [-0.3, -0.25) is 4.40 Å². The third-order valence-electron chi connectivity index (χ3n) is 6.40. The summed E-state index contributed by atoms with van der Waals surface area (Å²) in [7, 11) is 2.12. The molecule has 0 spiro atoms. The van der Waals surface area contributed by atoms with Crippen LogP contribution in [0.2, 0.25) is 0 Å². The monoisotopic (exact) mass is 457 g/mol. The van der Waals surface area contributed by atoms with Crippen LogP contribution in [0.1, 0.15) is 34.5 Å². The number of hydrogen-bond donors (Lipinski definition) is 2. The van der Waals surface area contributed by atoms with Gasteiger partial charge in [0.2, 0.25) is 5.95 Å². The van der Waals surface area contributed by atoms with Crippen LogP contribution >= 0.6 is 0 Å². The van der Waals surface area contributed by atoms with Crippen LogP contribution < -0.4 is 10.2 Å². The maximum absolute atomic E-state index is 11.7. The van der Waals surface area contributed by atoms with Gasteiger partial charge in [0.05, 0.1) is 17.1 Å². The fraction of sp³-hybridized carbons (Fsp3) is 0.280. The lowest BCUT2D eigenvalue weighted by molar-refractivity contribution is 0.0698. The summed E-state index contributed by atoms with van der Waals surface area (Å²) in [6.07, 6.45) is 3.50. The van der Waals surface area contributed by atoms with Gasteiger partial charge in [-0.25, -0.2) is 9.78 Å². The van der Waals surface area contributed by atoms with E-state index in [-0.39, 0.29) is 11.6 Å². The molecule has 0 unspecified atom stereocenters. The molecule has 2 aromatic heterocycles. The number of para-hydroxylation sites is 1. The molecule has 1 atom stereocenters. The number of nitrogens with one attached hydrogen (secondary N) is 1. The number of anilines is 2. The van der Waals surface area contributed by atoms with Crippen LogP contribution in [0.25, 0.3) is 22.6 Å². The zero-order chi connectivity index (χ0) is 23.8. The van der Waals surface area contributed by atoms with Crippen molar-refractivity contribution in [3.8, 4) is 0 Å². The fourth-order valence-electron chi connectivity index (χ4n) is 4.48.